The monoisotopic (exact) mass is 355 g/mol. The summed E-state index contributed by atoms with van der Waals surface area (Å²) in [7, 11) is 1.59. The van der Waals surface area contributed by atoms with Crippen LogP contribution < -0.4 is 4.90 Å². The highest BCUT2D eigenvalue weighted by molar-refractivity contribution is 5.95. The molecule has 0 amide bonds. The first kappa shape index (κ1) is 18.0. The Hall–Kier alpha value is -2.76. The van der Waals surface area contributed by atoms with Crippen molar-refractivity contribution in [3.8, 4) is 6.07 Å². The molecule has 0 N–H and O–H groups in total. The van der Waals surface area contributed by atoms with Gasteiger partial charge in [0.05, 0.1) is 17.8 Å². The molecule has 0 radical (unpaired) electrons. The molecule has 2 heterocycles. The lowest BCUT2D eigenvalue weighted by Crippen LogP contribution is -2.46. The zero-order chi connectivity index (χ0) is 18.5. The number of carbonyl (C=O) groups is 1. The molecule has 136 valence electrons. The van der Waals surface area contributed by atoms with Crippen LogP contribution in [-0.2, 0) is 17.9 Å². The van der Waals surface area contributed by atoms with Gasteiger partial charge in [0, 0.05) is 38.9 Å². The first-order valence-electron chi connectivity index (χ1n) is 8.43. The second kappa shape index (κ2) is 8.08. The number of methoxy groups -OCH3 is 1. The average molecular weight is 355 g/mol. The molecule has 0 spiro atoms. The lowest BCUT2D eigenvalue weighted by Gasteiger charge is -2.35. The van der Waals surface area contributed by atoms with E-state index in [1.165, 1.54) is 6.92 Å². The summed E-state index contributed by atoms with van der Waals surface area (Å²) >= 11 is 0. The van der Waals surface area contributed by atoms with Crippen LogP contribution in [0.1, 0.15) is 34.6 Å². The fourth-order valence-electron chi connectivity index (χ4n) is 2.99. The number of anilines is 1. The second-order valence-electron chi connectivity index (χ2n) is 6.20. The highest BCUT2D eigenvalue weighted by Gasteiger charge is 2.21. The zero-order valence-electron chi connectivity index (χ0n) is 14.9. The molecule has 3 rings (SSSR count). The van der Waals surface area contributed by atoms with E-state index in [1.54, 1.807) is 19.2 Å². The molecule has 8 nitrogen and oxygen atoms in total. The van der Waals surface area contributed by atoms with Gasteiger partial charge in [-0.3, -0.25) is 9.69 Å². The van der Waals surface area contributed by atoms with Gasteiger partial charge in [0.1, 0.15) is 12.7 Å². The van der Waals surface area contributed by atoms with E-state index in [9.17, 15) is 10.1 Å². The number of ether oxygens (including phenoxy) is 1. The summed E-state index contributed by atoms with van der Waals surface area (Å²) in [5, 5.41) is 13.2. The van der Waals surface area contributed by atoms with Crippen LogP contribution in [0.3, 0.4) is 0 Å². The molecule has 0 aliphatic carbocycles. The number of carbonyl (C=O) groups excluding carboxylic acids is 1. The standard InChI is InChI=1S/C18H21N5O3/c1-13(24)14-3-4-15(10-19)16(9-14)23-7-5-22(6-8-23)11-18-20-17(12-25-2)21-26-18/h3-4,9H,5-8,11-12H2,1-2H3. The van der Waals surface area contributed by atoms with Crippen molar-refractivity contribution in [2.75, 3.05) is 38.2 Å². The van der Waals surface area contributed by atoms with Crippen LogP contribution in [0.15, 0.2) is 22.7 Å². The number of rotatable bonds is 6. The Morgan fingerprint density at radius 3 is 2.77 bits per heavy atom. The van der Waals surface area contributed by atoms with Gasteiger partial charge in [-0.2, -0.15) is 10.2 Å². The number of piperazine rings is 1. The van der Waals surface area contributed by atoms with Crippen LogP contribution in [0, 0.1) is 11.3 Å². The minimum absolute atomic E-state index is 0.00219. The van der Waals surface area contributed by atoms with Gasteiger partial charge in [0.25, 0.3) is 0 Å². The third-order valence-electron chi connectivity index (χ3n) is 4.38. The van der Waals surface area contributed by atoms with Crippen LogP contribution in [0.5, 0.6) is 0 Å². The summed E-state index contributed by atoms with van der Waals surface area (Å²) in [5.74, 6) is 1.11. The summed E-state index contributed by atoms with van der Waals surface area (Å²) < 4.78 is 10.2. The van der Waals surface area contributed by atoms with Crippen molar-refractivity contribution in [2.24, 2.45) is 0 Å². The number of hydrogen-bond acceptors (Lipinski definition) is 8. The van der Waals surface area contributed by atoms with Crippen molar-refractivity contribution in [3.63, 3.8) is 0 Å². The van der Waals surface area contributed by atoms with Crippen molar-refractivity contribution < 1.29 is 14.1 Å². The molecular weight excluding hydrogens is 334 g/mol. The molecule has 0 unspecified atom stereocenters. The van der Waals surface area contributed by atoms with E-state index in [0.717, 1.165) is 31.9 Å². The highest BCUT2D eigenvalue weighted by atomic mass is 16.5. The van der Waals surface area contributed by atoms with Gasteiger partial charge in [-0.25, -0.2) is 0 Å². The van der Waals surface area contributed by atoms with Gasteiger partial charge in [0.15, 0.2) is 11.6 Å². The molecule has 0 atom stereocenters. The van der Waals surface area contributed by atoms with E-state index >= 15 is 0 Å². The first-order chi connectivity index (χ1) is 12.6. The average Bonchev–Trinajstić information content (AvgIpc) is 3.09. The van der Waals surface area contributed by atoms with Gasteiger partial charge in [-0.05, 0) is 25.1 Å². The van der Waals surface area contributed by atoms with Crippen molar-refractivity contribution in [1.29, 1.82) is 5.26 Å². The van der Waals surface area contributed by atoms with Gasteiger partial charge in [-0.15, -0.1) is 0 Å². The molecule has 8 heteroatoms. The number of hydrogen-bond donors (Lipinski definition) is 0. The minimum Gasteiger partial charge on any atom is -0.377 e. The second-order valence-corrected chi connectivity index (χ2v) is 6.20. The maximum atomic E-state index is 11.6. The van der Waals surface area contributed by atoms with Gasteiger partial charge >= 0.3 is 0 Å². The van der Waals surface area contributed by atoms with E-state index < -0.39 is 0 Å². The van der Waals surface area contributed by atoms with E-state index in [2.05, 4.69) is 26.0 Å². The molecule has 1 aliphatic heterocycles. The summed E-state index contributed by atoms with van der Waals surface area (Å²) in [4.78, 5) is 20.3. The fourth-order valence-corrected chi connectivity index (χ4v) is 2.99. The first-order valence-corrected chi connectivity index (χ1v) is 8.43. The Bertz CT molecular complexity index is 818. The number of nitrogens with zero attached hydrogens (tertiary/aromatic N) is 5. The molecule has 26 heavy (non-hydrogen) atoms. The molecule has 0 saturated carbocycles. The van der Waals surface area contributed by atoms with E-state index in [1.807, 2.05) is 6.07 Å². The Morgan fingerprint density at radius 1 is 1.35 bits per heavy atom. The van der Waals surface area contributed by atoms with Crippen LogP contribution in [-0.4, -0.2) is 54.1 Å². The smallest absolute Gasteiger partial charge is 0.240 e. The number of nitriles is 1. The maximum absolute atomic E-state index is 11.6. The fraction of sp³-hybridized carbons (Fsp3) is 0.444. The largest absolute Gasteiger partial charge is 0.377 e. The molecule has 1 aromatic heterocycles. The summed E-state index contributed by atoms with van der Waals surface area (Å²) in [6.07, 6.45) is 0. The molecule has 1 aliphatic rings. The lowest BCUT2D eigenvalue weighted by molar-refractivity contribution is 0.101. The molecule has 1 aromatic carbocycles. The topological polar surface area (TPSA) is 95.5 Å². The minimum atomic E-state index is -0.00219. The van der Waals surface area contributed by atoms with Crippen LogP contribution in [0.25, 0.3) is 0 Å². The molecule has 1 saturated heterocycles. The number of ketones is 1. The molecule has 2 aromatic rings. The quantitative estimate of drug-likeness (QED) is 0.721. The summed E-state index contributed by atoms with van der Waals surface area (Å²) in [6.45, 7) is 5.58. The van der Waals surface area contributed by atoms with Crippen molar-refractivity contribution in [2.45, 2.75) is 20.1 Å². The lowest BCUT2D eigenvalue weighted by atomic mass is 10.1. The maximum Gasteiger partial charge on any atom is 0.240 e. The van der Waals surface area contributed by atoms with E-state index in [-0.39, 0.29) is 5.78 Å². The van der Waals surface area contributed by atoms with Crippen LogP contribution in [0.2, 0.25) is 0 Å². The molecule has 0 bridgehead atoms. The third-order valence-corrected chi connectivity index (χ3v) is 4.38. The highest BCUT2D eigenvalue weighted by Crippen LogP contribution is 2.24. The predicted molar refractivity (Wildman–Crippen MR) is 93.7 cm³/mol. The SMILES string of the molecule is COCc1noc(CN2CCN(c3cc(C(C)=O)ccc3C#N)CC2)n1. The van der Waals surface area contributed by atoms with E-state index in [4.69, 9.17) is 9.26 Å². The number of benzene rings is 1. The van der Waals surface area contributed by atoms with Crippen LogP contribution >= 0.6 is 0 Å². The Kier molecular flexibility index (Phi) is 5.61. The van der Waals surface area contributed by atoms with Crippen molar-refractivity contribution >= 4 is 11.5 Å². The third kappa shape index (κ3) is 4.07. The van der Waals surface area contributed by atoms with E-state index in [0.29, 0.717) is 36.0 Å². The number of Topliss-reactive ketones (excluding diaryl/α,β-unsaturated/α-hetero) is 1. The Morgan fingerprint density at radius 2 is 2.12 bits per heavy atom. The van der Waals surface area contributed by atoms with Gasteiger partial charge < -0.3 is 14.2 Å². The van der Waals surface area contributed by atoms with Gasteiger partial charge in [-0.1, -0.05) is 5.16 Å². The predicted octanol–water partition coefficient (Wildman–Crippen LogP) is 1.61. The van der Waals surface area contributed by atoms with Crippen LogP contribution in [0.4, 0.5) is 5.69 Å². The molecular formula is C18H21N5O3. The summed E-state index contributed by atoms with van der Waals surface area (Å²) in [5.41, 5.74) is 2.03. The zero-order valence-corrected chi connectivity index (χ0v) is 14.9. The Balaban J connectivity index is 1.64. The van der Waals surface area contributed by atoms with Crippen molar-refractivity contribution in [3.05, 3.63) is 41.0 Å². The Labute approximate surface area is 152 Å². The summed E-state index contributed by atoms with van der Waals surface area (Å²) in [6, 6.07) is 7.44. The van der Waals surface area contributed by atoms with Gasteiger partial charge in [0.2, 0.25) is 5.89 Å². The normalized spacial score (nSPS) is 15.0. The molecule has 1 fully saturated rings. The number of aromatic nitrogens is 2. The van der Waals surface area contributed by atoms with Crippen molar-refractivity contribution in [1.82, 2.24) is 15.0 Å².